The zero-order valence-electron chi connectivity index (χ0n) is 19.5. The van der Waals surface area contributed by atoms with Gasteiger partial charge in [-0.15, -0.1) is 0 Å². The smallest absolute Gasteiger partial charge is 0.144 e. The molecule has 2 heterocycles. The number of benzene rings is 4. The maximum absolute atomic E-state index is 14.6. The molecule has 0 spiro atoms. The first-order valence-corrected chi connectivity index (χ1v) is 11.5. The lowest BCUT2D eigenvalue weighted by Gasteiger charge is -2.12. The Morgan fingerprint density at radius 1 is 0.703 bits per heavy atom. The summed E-state index contributed by atoms with van der Waals surface area (Å²) in [5, 5.41) is 11.5. The van der Waals surface area contributed by atoms with Crippen molar-refractivity contribution >= 4 is 62.0 Å². The monoisotopic (exact) mass is 470 g/mol. The van der Waals surface area contributed by atoms with Crippen LogP contribution in [0.4, 0.5) is 4.39 Å². The van der Waals surface area contributed by atoms with Gasteiger partial charge in [-0.3, -0.25) is 4.98 Å². The third-order valence-electron chi connectivity index (χ3n) is 6.56. The third kappa shape index (κ3) is 3.65. The lowest BCUT2D eigenvalue weighted by atomic mass is 9.78. The second-order valence-electron chi connectivity index (χ2n) is 8.69. The molecule has 6 rings (SSSR count). The molecular weight excluding hydrogens is 456 g/mol. The van der Waals surface area contributed by atoms with Gasteiger partial charge in [-0.05, 0) is 45.9 Å². The van der Waals surface area contributed by atoms with E-state index in [1.165, 1.54) is 0 Å². The van der Waals surface area contributed by atoms with E-state index < -0.39 is 5.82 Å². The number of aromatic nitrogens is 1. The van der Waals surface area contributed by atoms with E-state index in [0.717, 1.165) is 27.5 Å². The van der Waals surface area contributed by atoms with Crippen molar-refractivity contribution in [3.8, 4) is 39.6 Å². The Hall–Kier alpha value is -4.56. The summed E-state index contributed by atoms with van der Waals surface area (Å²) in [4.78, 5) is 4.25. The Morgan fingerprint density at radius 3 is 2.11 bits per heavy atom. The quantitative estimate of drug-likeness (QED) is 0.362. The van der Waals surface area contributed by atoms with E-state index in [-0.39, 0.29) is 22.2 Å². The molecule has 7 heteroatoms. The average Bonchev–Trinajstić information content (AvgIpc) is 3.33. The fourth-order valence-corrected chi connectivity index (χ4v) is 4.70. The zero-order valence-corrected chi connectivity index (χ0v) is 19.5. The molecule has 3 nitrogen and oxygen atoms in total. The van der Waals surface area contributed by atoms with Crippen LogP contribution in [0, 0.1) is 17.1 Å². The molecule has 0 aliphatic rings. The van der Waals surface area contributed by atoms with Gasteiger partial charge in [0.2, 0.25) is 0 Å². The minimum absolute atomic E-state index is 0.142. The van der Waals surface area contributed by atoms with Gasteiger partial charge in [-0.1, -0.05) is 72.2 Å². The van der Waals surface area contributed by atoms with E-state index in [1.54, 1.807) is 12.1 Å². The second-order valence-corrected chi connectivity index (χ2v) is 8.69. The molecule has 6 aromatic rings. The highest BCUT2D eigenvalue weighted by molar-refractivity contribution is 6.50. The molecule has 0 unspecified atom stereocenters. The van der Waals surface area contributed by atoms with Crippen LogP contribution in [0.2, 0.25) is 0 Å². The fraction of sp³-hybridized carbons (Fsp3) is 0. The summed E-state index contributed by atoms with van der Waals surface area (Å²) in [5.41, 5.74) is 5.09. The van der Waals surface area contributed by atoms with Gasteiger partial charge >= 0.3 is 0 Å². The van der Waals surface area contributed by atoms with E-state index in [4.69, 9.17) is 28.0 Å². The predicted molar refractivity (Wildman–Crippen MR) is 149 cm³/mol. The van der Waals surface area contributed by atoms with E-state index in [9.17, 15) is 9.65 Å². The van der Waals surface area contributed by atoms with Crippen molar-refractivity contribution in [2.24, 2.45) is 0 Å². The summed E-state index contributed by atoms with van der Waals surface area (Å²) in [7, 11) is 17.6. The summed E-state index contributed by atoms with van der Waals surface area (Å²) in [6.45, 7) is 0. The lowest BCUT2D eigenvalue weighted by molar-refractivity contribution is 0.644. The molecule has 37 heavy (non-hydrogen) atoms. The molecule has 0 fully saturated rings. The van der Waals surface area contributed by atoms with E-state index in [2.05, 4.69) is 11.1 Å². The highest BCUT2D eigenvalue weighted by Crippen LogP contribution is 2.41. The van der Waals surface area contributed by atoms with Crippen LogP contribution in [0.5, 0.6) is 0 Å². The molecule has 0 amide bonds. The van der Waals surface area contributed by atoms with Crippen molar-refractivity contribution in [2.75, 3.05) is 0 Å². The van der Waals surface area contributed by atoms with E-state index in [0.29, 0.717) is 27.9 Å². The molecule has 0 N–H and O–H groups in total. The number of para-hydroxylation sites is 1. The van der Waals surface area contributed by atoms with Gasteiger partial charge in [-0.2, -0.15) is 5.26 Å². The van der Waals surface area contributed by atoms with E-state index >= 15 is 0 Å². The van der Waals surface area contributed by atoms with Crippen molar-refractivity contribution in [1.82, 2.24) is 4.98 Å². The third-order valence-corrected chi connectivity index (χ3v) is 6.56. The van der Waals surface area contributed by atoms with Crippen LogP contribution < -0.4 is 16.5 Å². The standard InChI is InChI=1S/C30H14B3FN2O/c31-24-26(34)25(32)30(33)36-27(24)22-8-4-7-20-21-14-13-19(15-35)23(29(21)37-28(20)22)18-11-9-17(10-12-18)16-5-2-1-3-6-16/h1-14H. The number of rotatable bonds is 3. The molecule has 2 aromatic heterocycles. The van der Waals surface area contributed by atoms with Gasteiger partial charge in [0.25, 0.3) is 0 Å². The highest BCUT2D eigenvalue weighted by Gasteiger charge is 2.21. The minimum atomic E-state index is -0.818. The van der Waals surface area contributed by atoms with Crippen molar-refractivity contribution in [2.45, 2.75) is 0 Å². The predicted octanol–water partition coefficient (Wildman–Crippen LogP) is 4.37. The molecule has 0 atom stereocenters. The summed E-state index contributed by atoms with van der Waals surface area (Å²) >= 11 is 0. The summed E-state index contributed by atoms with van der Waals surface area (Å²) in [6.07, 6.45) is 0. The van der Waals surface area contributed by atoms with Crippen molar-refractivity contribution in [1.29, 1.82) is 5.26 Å². The highest BCUT2D eigenvalue weighted by atomic mass is 19.1. The number of nitriles is 1. The first kappa shape index (κ1) is 22.9. The largest absolute Gasteiger partial charge is 0.455 e. The van der Waals surface area contributed by atoms with Gasteiger partial charge < -0.3 is 4.42 Å². The molecule has 0 bridgehead atoms. The van der Waals surface area contributed by atoms with Crippen LogP contribution in [0.15, 0.2) is 89.3 Å². The topological polar surface area (TPSA) is 49.8 Å². The molecule has 166 valence electrons. The Labute approximate surface area is 216 Å². The lowest BCUT2D eigenvalue weighted by Crippen LogP contribution is -2.38. The van der Waals surface area contributed by atoms with Gasteiger partial charge in [0.15, 0.2) is 0 Å². The first-order valence-electron chi connectivity index (χ1n) is 11.5. The van der Waals surface area contributed by atoms with Crippen molar-refractivity contribution in [3.63, 3.8) is 0 Å². The number of furan rings is 1. The van der Waals surface area contributed by atoms with Crippen LogP contribution in [0.1, 0.15) is 5.56 Å². The average molecular weight is 470 g/mol. The molecule has 0 saturated heterocycles. The molecule has 4 aromatic carbocycles. The van der Waals surface area contributed by atoms with Crippen LogP contribution in [-0.4, -0.2) is 28.5 Å². The van der Waals surface area contributed by atoms with Crippen LogP contribution in [-0.2, 0) is 0 Å². The number of nitrogens with zero attached hydrogens (tertiary/aromatic N) is 2. The van der Waals surface area contributed by atoms with Crippen molar-refractivity contribution in [3.05, 3.63) is 96.3 Å². The summed E-state index contributed by atoms with van der Waals surface area (Å²) < 4.78 is 21.0. The maximum Gasteiger partial charge on any atom is 0.144 e. The molecule has 0 aliphatic carbocycles. The normalized spacial score (nSPS) is 11.1. The van der Waals surface area contributed by atoms with Crippen LogP contribution >= 0.6 is 0 Å². The molecule has 0 aliphatic heterocycles. The van der Waals surface area contributed by atoms with Gasteiger partial charge in [0, 0.05) is 21.9 Å². The fourth-order valence-electron chi connectivity index (χ4n) is 4.70. The van der Waals surface area contributed by atoms with E-state index in [1.807, 2.05) is 72.8 Å². The Morgan fingerprint density at radius 2 is 1.38 bits per heavy atom. The number of halogens is 1. The maximum atomic E-state index is 14.6. The zero-order chi connectivity index (χ0) is 25.7. The molecule has 6 radical (unpaired) electrons. The summed E-state index contributed by atoms with van der Waals surface area (Å²) in [5.74, 6) is -0.818. The summed E-state index contributed by atoms with van der Waals surface area (Å²) in [6, 6.07) is 29.4. The van der Waals surface area contributed by atoms with Gasteiger partial charge in [0.05, 0.1) is 17.3 Å². The van der Waals surface area contributed by atoms with Crippen molar-refractivity contribution < 1.29 is 8.81 Å². The molecule has 0 saturated carbocycles. The number of hydrogen-bond donors (Lipinski definition) is 0. The Balaban J connectivity index is 1.59. The number of fused-ring (bicyclic) bond motifs is 3. The SMILES string of the molecule is [B]c1nc(-c2cccc3c2oc2c(-c4ccc(-c5ccccc5)cc4)c(C#N)ccc23)c([B])c(F)c1[B]. The number of pyridine rings is 1. The van der Waals surface area contributed by atoms with Gasteiger partial charge in [0.1, 0.15) is 40.5 Å². The van der Waals surface area contributed by atoms with Crippen LogP contribution in [0.25, 0.3) is 55.4 Å². The first-order chi connectivity index (χ1) is 18.0. The molecular formula is C30H14B3FN2O. The Bertz CT molecular complexity index is 1870. The minimum Gasteiger partial charge on any atom is -0.455 e. The van der Waals surface area contributed by atoms with Crippen LogP contribution in [0.3, 0.4) is 0 Å². The number of hydrogen-bond acceptors (Lipinski definition) is 3. The second kappa shape index (κ2) is 8.83. The Kier molecular flexibility index (Phi) is 5.46. The van der Waals surface area contributed by atoms with Gasteiger partial charge in [-0.25, -0.2) is 4.39 Å².